The Kier molecular flexibility index (Phi) is 4.85. The second-order valence-electron chi connectivity index (χ2n) is 5.08. The van der Waals surface area contributed by atoms with Crippen molar-refractivity contribution in [1.29, 1.82) is 0 Å². The Morgan fingerprint density at radius 3 is 3.00 bits per heavy atom. The van der Waals surface area contributed by atoms with Crippen LogP contribution in [0.1, 0.15) is 44.6 Å². The average molecular weight is 292 g/mol. The first-order chi connectivity index (χ1) is 9.99. The molecule has 1 aromatic rings. The van der Waals surface area contributed by atoms with E-state index in [4.69, 9.17) is 15.2 Å². The molecule has 0 aliphatic carbocycles. The predicted octanol–water partition coefficient (Wildman–Crippen LogP) is 3.95. The number of allylic oxidation sites excluding steroid dienone is 4. The fourth-order valence-corrected chi connectivity index (χ4v) is 2.19. The zero-order chi connectivity index (χ0) is 15.4. The number of halogens is 1. The zero-order valence-corrected chi connectivity index (χ0v) is 12.6. The van der Waals surface area contributed by atoms with Crippen LogP contribution < -0.4 is 10.5 Å². The lowest BCUT2D eigenvalue weighted by atomic mass is 10.1. The molecule has 0 bridgehead atoms. The number of aromatic nitrogens is 1. The summed E-state index contributed by atoms with van der Waals surface area (Å²) in [7, 11) is 0. The molecule has 0 amide bonds. The van der Waals surface area contributed by atoms with E-state index in [2.05, 4.69) is 4.98 Å². The molecular formula is C16H21FN2O2. The van der Waals surface area contributed by atoms with E-state index in [1.165, 1.54) is 6.08 Å². The van der Waals surface area contributed by atoms with E-state index >= 15 is 0 Å². The Morgan fingerprint density at radius 1 is 1.52 bits per heavy atom. The predicted molar refractivity (Wildman–Crippen MR) is 81.2 cm³/mol. The third-order valence-corrected chi connectivity index (χ3v) is 3.21. The van der Waals surface area contributed by atoms with Crippen molar-refractivity contribution in [3.05, 3.63) is 46.9 Å². The van der Waals surface area contributed by atoms with Gasteiger partial charge in [-0.25, -0.2) is 4.39 Å². The molecule has 1 atom stereocenters. The van der Waals surface area contributed by atoms with Gasteiger partial charge in [0, 0.05) is 23.2 Å². The molecule has 0 aromatic carbocycles. The number of rotatable bonds is 3. The van der Waals surface area contributed by atoms with E-state index in [1.54, 1.807) is 20.0 Å². The Labute approximate surface area is 124 Å². The Balaban J connectivity index is 2.32. The Morgan fingerprint density at radius 2 is 2.29 bits per heavy atom. The number of nitrogens with one attached hydrogen (secondary N) is 1. The molecule has 0 fully saturated rings. The normalized spacial score (nSPS) is 20.4. The molecule has 1 aliphatic heterocycles. The van der Waals surface area contributed by atoms with Gasteiger partial charge in [0.1, 0.15) is 5.76 Å². The van der Waals surface area contributed by atoms with Crippen LogP contribution >= 0.6 is 0 Å². The molecule has 114 valence electrons. The summed E-state index contributed by atoms with van der Waals surface area (Å²) in [6, 6.07) is 0. The lowest BCUT2D eigenvalue weighted by Crippen LogP contribution is -2.06. The first-order valence-corrected chi connectivity index (χ1v) is 6.96. The van der Waals surface area contributed by atoms with Crippen LogP contribution in [0.4, 0.5) is 4.39 Å². The van der Waals surface area contributed by atoms with Crippen LogP contribution in [0.3, 0.4) is 0 Å². The molecular weight excluding hydrogens is 271 g/mol. The molecule has 4 nitrogen and oxygen atoms in total. The fourth-order valence-electron chi connectivity index (χ4n) is 2.19. The molecule has 5 heteroatoms. The third kappa shape index (κ3) is 3.76. The molecule has 21 heavy (non-hydrogen) atoms. The molecule has 2 heterocycles. The van der Waals surface area contributed by atoms with Crippen LogP contribution in [-0.2, 0) is 4.74 Å². The summed E-state index contributed by atoms with van der Waals surface area (Å²) in [5.74, 6) is 0.250. The monoisotopic (exact) mass is 292 g/mol. The summed E-state index contributed by atoms with van der Waals surface area (Å²) in [4.78, 5) is 3.13. The van der Waals surface area contributed by atoms with Crippen molar-refractivity contribution >= 4 is 6.08 Å². The van der Waals surface area contributed by atoms with E-state index in [-0.39, 0.29) is 11.9 Å². The standard InChI is InChI=1S/C16H21FN2O2/c1-10(18)8-13(17)11(2)21-15-9-19-14-6-4-5-7-20-12(3)16(14)15/h4,6,8-9,12,19H,5,7,18H2,1-3H3/b6-4?,10-8+,13-11-. The fraction of sp³-hybridized carbons (Fsp3) is 0.375. The van der Waals surface area contributed by atoms with Crippen molar-refractivity contribution in [3.8, 4) is 5.75 Å². The number of hydrogen-bond acceptors (Lipinski definition) is 3. The molecule has 3 N–H and O–H groups in total. The minimum Gasteiger partial charge on any atom is -0.457 e. The number of fused-ring (bicyclic) bond motifs is 1. The molecule has 1 aromatic heterocycles. The number of nitrogens with two attached hydrogens (primary N) is 1. The highest BCUT2D eigenvalue weighted by molar-refractivity contribution is 5.56. The quantitative estimate of drug-likeness (QED) is 0.655. The van der Waals surface area contributed by atoms with Crippen molar-refractivity contribution in [2.24, 2.45) is 5.73 Å². The molecule has 0 spiro atoms. The topological polar surface area (TPSA) is 60.3 Å². The summed E-state index contributed by atoms with van der Waals surface area (Å²) >= 11 is 0. The highest BCUT2D eigenvalue weighted by Crippen LogP contribution is 2.34. The van der Waals surface area contributed by atoms with Gasteiger partial charge >= 0.3 is 0 Å². The first kappa shape index (κ1) is 15.4. The molecule has 0 saturated carbocycles. The largest absolute Gasteiger partial charge is 0.457 e. The van der Waals surface area contributed by atoms with E-state index in [0.717, 1.165) is 17.7 Å². The van der Waals surface area contributed by atoms with E-state index in [1.807, 2.05) is 19.1 Å². The molecule has 1 unspecified atom stereocenters. The zero-order valence-electron chi connectivity index (χ0n) is 12.6. The summed E-state index contributed by atoms with van der Waals surface area (Å²) in [6.07, 6.45) is 7.75. The maximum atomic E-state index is 13.9. The van der Waals surface area contributed by atoms with Crippen molar-refractivity contribution in [3.63, 3.8) is 0 Å². The molecule has 0 saturated heterocycles. The van der Waals surface area contributed by atoms with E-state index in [0.29, 0.717) is 18.1 Å². The minimum absolute atomic E-state index is 0.117. The van der Waals surface area contributed by atoms with Gasteiger partial charge in [-0.15, -0.1) is 0 Å². The number of ether oxygens (including phenoxy) is 2. The summed E-state index contributed by atoms with van der Waals surface area (Å²) in [6.45, 7) is 5.80. The van der Waals surface area contributed by atoms with Crippen LogP contribution in [0.2, 0.25) is 0 Å². The SMILES string of the molecule is C/C(Oc1c[nH]c2c1C(C)OCCC=C2)=C(F)\C=C(/C)N. The third-order valence-electron chi connectivity index (χ3n) is 3.21. The maximum absolute atomic E-state index is 13.9. The van der Waals surface area contributed by atoms with Gasteiger partial charge in [0.05, 0.1) is 12.7 Å². The van der Waals surface area contributed by atoms with E-state index < -0.39 is 5.83 Å². The van der Waals surface area contributed by atoms with Gasteiger partial charge in [-0.2, -0.15) is 0 Å². The number of hydrogen-bond donors (Lipinski definition) is 2. The van der Waals surface area contributed by atoms with Crippen LogP contribution in [0, 0.1) is 0 Å². The molecule has 2 rings (SSSR count). The number of aromatic amines is 1. The first-order valence-electron chi connectivity index (χ1n) is 6.96. The number of H-pyrrole nitrogens is 1. The van der Waals surface area contributed by atoms with Crippen molar-refractivity contribution in [2.75, 3.05) is 6.61 Å². The van der Waals surface area contributed by atoms with Gasteiger partial charge in [0.25, 0.3) is 0 Å². The van der Waals surface area contributed by atoms with Crippen LogP contribution in [0.25, 0.3) is 6.08 Å². The van der Waals surface area contributed by atoms with Gasteiger partial charge < -0.3 is 20.2 Å². The summed E-state index contributed by atoms with van der Waals surface area (Å²) in [5.41, 5.74) is 7.68. The summed E-state index contributed by atoms with van der Waals surface area (Å²) in [5, 5.41) is 0. The Hall–Kier alpha value is -2.01. The second-order valence-corrected chi connectivity index (χ2v) is 5.08. The lowest BCUT2D eigenvalue weighted by molar-refractivity contribution is 0.0671. The van der Waals surface area contributed by atoms with Crippen LogP contribution in [0.15, 0.2) is 35.6 Å². The molecule has 0 radical (unpaired) electrons. The van der Waals surface area contributed by atoms with Crippen molar-refractivity contribution < 1.29 is 13.9 Å². The highest BCUT2D eigenvalue weighted by Gasteiger charge is 2.20. The lowest BCUT2D eigenvalue weighted by Gasteiger charge is -2.17. The smallest absolute Gasteiger partial charge is 0.162 e. The van der Waals surface area contributed by atoms with E-state index in [9.17, 15) is 4.39 Å². The van der Waals surface area contributed by atoms with Gasteiger partial charge in [-0.3, -0.25) is 0 Å². The van der Waals surface area contributed by atoms with Crippen molar-refractivity contribution in [2.45, 2.75) is 33.3 Å². The summed E-state index contributed by atoms with van der Waals surface area (Å²) < 4.78 is 25.2. The maximum Gasteiger partial charge on any atom is 0.162 e. The average Bonchev–Trinajstić information content (AvgIpc) is 2.77. The Bertz CT molecular complexity index is 595. The highest BCUT2D eigenvalue weighted by atomic mass is 19.1. The van der Waals surface area contributed by atoms with Crippen LogP contribution in [-0.4, -0.2) is 11.6 Å². The van der Waals surface area contributed by atoms with Gasteiger partial charge in [0.2, 0.25) is 0 Å². The van der Waals surface area contributed by atoms with Crippen LogP contribution in [0.5, 0.6) is 5.75 Å². The minimum atomic E-state index is -0.486. The van der Waals surface area contributed by atoms with Gasteiger partial charge in [-0.05, 0) is 39.3 Å². The van der Waals surface area contributed by atoms with Crippen molar-refractivity contribution in [1.82, 2.24) is 4.98 Å². The van der Waals surface area contributed by atoms with Gasteiger partial charge in [-0.1, -0.05) is 6.08 Å². The molecule has 1 aliphatic rings. The second kappa shape index (κ2) is 6.63. The van der Waals surface area contributed by atoms with Gasteiger partial charge in [0.15, 0.2) is 11.6 Å².